The van der Waals surface area contributed by atoms with Crippen molar-refractivity contribution in [2.75, 3.05) is 10.2 Å². The molecule has 10 heteroatoms. The van der Waals surface area contributed by atoms with Gasteiger partial charge in [0.2, 0.25) is 17.4 Å². The third kappa shape index (κ3) is 6.89. The van der Waals surface area contributed by atoms with Gasteiger partial charge in [-0.15, -0.1) is 0 Å². The van der Waals surface area contributed by atoms with E-state index in [0.29, 0.717) is 41.5 Å². The lowest BCUT2D eigenvalue weighted by Crippen LogP contribution is -2.44. The molecule has 10 nitrogen and oxygen atoms in total. The van der Waals surface area contributed by atoms with Crippen LogP contribution in [0.4, 0.5) is 11.6 Å². The molecule has 6 rings (SSSR count). The minimum Gasteiger partial charge on any atom is -0.354 e. The Morgan fingerprint density at radius 1 is 1.04 bits per heavy atom. The minimum absolute atomic E-state index is 0.0410. The van der Waals surface area contributed by atoms with Crippen LogP contribution >= 0.6 is 0 Å². The van der Waals surface area contributed by atoms with Gasteiger partial charge in [-0.3, -0.25) is 9.59 Å². The number of hydrogen-bond donors (Lipinski definition) is 1. The van der Waals surface area contributed by atoms with Gasteiger partial charge in [0.15, 0.2) is 5.76 Å². The number of anilines is 2. The van der Waals surface area contributed by atoms with Crippen LogP contribution < -0.4 is 15.8 Å². The van der Waals surface area contributed by atoms with Gasteiger partial charge in [-0.1, -0.05) is 47.6 Å². The molecule has 3 heterocycles. The maximum atomic E-state index is 13.9. The molecule has 1 aliphatic rings. The van der Waals surface area contributed by atoms with E-state index >= 15 is 0 Å². The summed E-state index contributed by atoms with van der Waals surface area (Å²) in [5.74, 6) is 0.948. The van der Waals surface area contributed by atoms with E-state index in [1.165, 1.54) is 6.20 Å². The van der Waals surface area contributed by atoms with E-state index in [2.05, 4.69) is 38.6 Å². The van der Waals surface area contributed by atoms with Crippen molar-refractivity contribution in [1.29, 1.82) is 5.26 Å². The monoisotopic (exact) mass is 613 g/mol. The molecule has 3 aromatic heterocycles. The van der Waals surface area contributed by atoms with Crippen LogP contribution in [0.25, 0.3) is 22.6 Å². The first-order chi connectivity index (χ1) is 22.4. The van der Waals surface area contributed by atoms with Gasteiger partial charge in [0, 0.05) is 49.6 Å². The number of nitriles is 1. The van der Waals surface area contributed by atoms with Crippen LogP contribution in [-0.2, 0) is 18.3 Å². The van der Waals surface area contributed by atoms with Crippen LogP contribution in [0.5, 0.6) is 0 Å². The van der Waals surface area contributed by atoms with E-state index in [4.69, 9.17) is 4.52 Å². The number of carbonyl (C=O) groups excluding carboxylic acids is 1. The Bertz CT molecular complexity index is 1920. The smallest absolute Gasteiger partial charge is 0.250 e. The lowest BCUT2D eigenvalue weighted by atomic mass is 9.89. The lowest BCUT2D eigenvalue weighted by molar-refractivity contribution is -0.119. The fourth-order valence-corrected chi connectivity index (χ4v) is 6.01. The number of hydrogen-bond acceptors (Lipinski definition) is 8. The summed E-state index contributed by atoms with van der Waals surface area (Å²) in [7, 11) is 1.74. The van der Waals surface area contributed by atoms with Crippen molar-refractivity contribution in [3.63, 3.8) is 0 Å². The van der Waals surface area contributed by atoms with Crippen molar-refractivity contribution in [2.45, 2.75) is 57.5 Å². The van der Waals surface area contributed by atoms with Crippen molar-refractivity contribution in [3.05, 3.63) is 112 Å². The summed E-state index contributed by atoms with van der Waals surface area (Å²) in [6.07, 6.45) is 7.66. The highest BCUT2D eigenvalue weighted by molar-refractivity contribution is 5.94. The standard InChI is InChI=1S/C36H35N7O3/c1-24-20-32(46-41-24)35-28(21-37)22-38-36(40-35)39-29-12-16-31(17-13-29)43(34(45)18-8-25-6-4-3-5-7-25)30-14-9-26(10-15-30)27-11-19-33(44)42(2)23-27/h3-7,9-11,14-15,19-20,22-23,29,31H,8,12-13,16-18H2,1-2H3,(H,38,39,40)/t29-,31-. The van der Waals surface area contributed by atoms with Crippen molar-refractivity contribution in [2.24, 2.45) is 7.05 Å². The zero-order chi connectivity index (χ0) is 32.0. The average Bonchev–Trinajstić information content (AvgIpc) is 3.52. The van der Waals surface area contributed by atoms with Gasteiger partial charge in [0.1, 0.15) is 17.3 Å². The van der Waals surface area contributed by atoms with Crippen LogP contribution in [0.1, 0.15) is 48.9 Å². The van der Waals surface area contributed by atoms with Crippen LogP contribution in [0.2, 0.25) is 0 Å². The van der Waals surface area contributed by atoms with E-state index in [1.54, 1.807) is 23.7 Å². The summed E-state index contributed by atoms with van der Waals surface area (Å²) in [4.78, 5) is 36.7. The topological polar surface area (TPSA) is 130 Å². The quantitative estimate of drug-likeness (QED) is 0.212. The summed E-state index contributed by atoms with van der Waals surface area (Å²) in [5.41, 5.74) is 5.29. The fraction of sp³-hybridized carbons (Fsp3) is 0.278. The Kier molecular flexibility index (Phi) is 9.01. The molecule has 0 unspecified atom stereocenters. The molecule has 0 spiro atoms. The average molecular weight is 614 g/mol. The van der Waals surface area contributed by atoms with Gasteiger partial charge < -0.3 is 19.3 Å². The second-order valence-electron chi connectivity index (χ2n) is 11.7. The highest BCUT2D eigenvalue weighted by atomic mass is 16.5. The molecule has 46 heavy (non-hydrogen) atoms. The molecule has 5 aromatic rings. The highest BCUT2D eigenvalue weighted by Crippen LogP contribution is 2.32. The van der Waals surface area contributed by atoms with E-state index in [1.807, 2.05) is 66.6 Å². The number of nitrogens with zero attached hydrogens (tertiary/aromatic N) is 6. The van der Waals surface area contributed by atoms with Crippen molar-refractivity contribution in [1.82, 2.24) is 19.7 Å². The fourth-order valence-electron chi connectivity index (χ4n) is 6.01. The van der Waals surface area contributed by atoms with E-state index in [9.17, 15) is 14.9 Å². The first-order valence-corrected chi connectivity index (χ1v) is 15.5. The van der Waals surface area contributed by atoms with E-state index in [0.717, 1.165) is 48.1 Å². The summed E-state index contributed by atoms with van der Waals surface area (Å²) in [6, 6.07) is 25.5. The zero-order valence-electron chi connectivity index (χ0n) is 25.9. The second-order valence-corrected chi connectivity index (χ2v) is 11.7. The third-order valence-corrected chi connectivity index (χ3v) is 8.47. The van der Waals surface area contributed by atoms with Crippen molar-refractivity contribution < 1.29 is 9.32 Å². The Hall–Kier alpha value is -5.56. The summed E-state index contributed by atoms with van der Waals surface area (Å²) >= 11 is 0. The molecule has 2 aromatic carbocycles. The molecule has 0 radical (unpaired) electrons. The maximum absolute atomic E-state index is 13.9. The number of pyridine rings is 1. The SMILES string of the molecule is Cc1cc(-c2nc(N[C@H]3CC[C@H](N(C(=O)CCc4ccccc4)c4ccc(-c5ccc(=O)n(C)c5)cc4)CC3)ncc2C#N)on1. The van der Waals surface area contributed by atoms with E-state index < -0.39 is 0 Å². The van der Waals surface area contributed by atoms with Gasteiger partial charge in [-0.25, -0.2) is 9.97 Å². The summed E-state index contributed by atoms with van der Waals surface area (Å²) in [6.45, 7) is 1.82. The largest absolute Gasteiger partial charge is 0.354 e. The van der Waals surface area contributed by atoms with Crippen molar-refractivity contribution in [3.8, 4) is 28.7 Å². The van der Waals surface area contributed by atoms with Crippen LogP contribution in [0.15, 0.2) is 94.5 Å². The number of aromatic nitrogens is 4. The summed E-state index contributed by atoms with van der Waals surface area (Å²) < 4.78 is 6.93. The van der Waals surface area contributed by atoms with Crippen LogP contribution in [0, 0.1) is 18.3 Å². The molecule has 0 saturated heterocycles. The van der Waals surface area contributed by atoms with Gasteiger partial charge >= 0.3 is 0 Å². The highest BCUT2D eigenvalue weighted by Gasteiger charge is 2.30. The van der Waals surface area contributed by atoms with E-state index in [-0.39, 0.29) is 23.6 Å². The van der Waals surface area contributed by atoms with Gasteiger partial charge in [-0.05, 0) is 73.9 Å². The third-order valence-electron chi connectivity index (χ3n) is 8.47. The van der Waals surface area contributed by atoms with Crippen LogP contribution in [-0.4, -0.2) is 37.7 Å². The molecule has 1 N–H and O–H groups in total. The van der Waals surface area contributed by atoms with Crippen molar-refractivity contribution >= 4 is 17.5 Å². The molecule has 232 valence electrons. The first-order valence-electron chi connectivity index (χ1n) is 15.5. The molecule has 1 fully saturated rings. The molecule has 0 bridgehead atoms. The zero-order valence-corrected chi connectivity index (χ0v) is 25.9. The number of carbonyl (C=O) groups is 1. The predicted molar refractivity (Wildman–Crippen MR) is 176 cm³/mol. The molecule has 0 aliphatic heterocycles. The normalized spacial score (nSPS) is 16.0. The number of benzene rings is 2. The lowest BCUT2D eigenvalue weighted by Gasteiger charge is -2.37. The Balaban J connectivity index is 1.18. The molecular formula is C36H35N7O3. The van der Waals surface area contributed by atoms with Gasteiger partial charge in [0.05, 0.1) is 11.9 Å². The second kappa shape index (κ2) is 13.6. The Morgan fingerprint density at radius 2 is 1.78 bits per heavy atom. The first kappa shape index (κ1) is 30.5. The maximum Gasteiger partial charge on any atom is 0.250 e. The molecule has 1 amide bonds. The number of rotatable bonds is 9. The van der Waals surface area contributed by atoms with Gasteiger partial charge in [0.25, 0.3) is 0 Å². The molecular weight excluding hydrogens is 578 g/mol. The van der Waals surface area contributed by atoms with Gasteiger partial charge in [-0.2, -0.15) is 5.26 Å². The molecule has 0 atom stereocenters. The number of nitrogens with one attached hydrogen (secondary N) is 1. The Labute approximate surface area is 267 Å². The predicted octanol–water partition coefficient (Wildman–Crippen LogP) is 6.07. The summed E-state index contributed by atoms with van der Waals surface area (Å²) in [5, 5.41) is 16.9. The molecule has 1 aliphatic carbocycles. The number of aryl methyl sites for hydroxylation is 3. The van der Waals surface area contributed by atoms with Crippen LogP contribution in [0.3, 0.4) is 0 Å². The number of amides is 1. The minimum atomic E-state index is -0.0586. The molecule has 1 saturated carbocycles. The Morgan fingerprint density at radius 3 is 2.46 bits per heavy atom.